The minimum Gasteiger partial charge on any atom is -0.494 e. The summed E-state index contributed by atoms with van der Waals surface area (Å²) >= 11 is 0. The number of aryl methyl sites for hydroxylation is 1. The second kappa shape index (κ2) is 7.80. The highest BCUT2D eigenvalue weighted by atomic mass is 16.5. The number of fused-ring (bicyclic) bond motifs is 2. The second-order valence-corrected chi connectivity index (χ2v) is 6.74. The van der Waals surface area contributed by atoms with Crippen molar-refractivity contribution in [2.24, 2.45) is 0 Å². The predicted octanol–water partition coefficient (Wildman–Crippen LogP) is 4.16. The van der Waals surface area contributed by atoms with E-state index in [0.29, 0.717) is 23.5 Å². The fourth-order valence-electron chi connectivity index (χ4n) is 3.63. The number of carbonyl (C=O) groups excluding carboxylic acids is 2. The van der Waals surface area contributed by atoms with Crippen LogP contribution in [-0.2, 0) is 17.6 Å². The molecule has 0 unspecified atom stereocenters. The lowest BCUT2D eigenvalue weighted by molar-refractivity contribution is 0.0475. The van der Waals surface area contributed by atoms with Gasteiger partial charge in [-0.3, -0.25) is 9.78 Å². The third-order valence-corrected chi connectivity index (χ3v) is 4.95. The summed E-state index contributed by atoms with van der Waals surface area (Å²) in [6.45, 7) is 2.17. The Kier molecular flexibility index (Phi) is 5.06. The molecule has 3 aromatic rings. The van der Waals surface area contributed by atoms with Crippen LogP contribution in [0.4, 0.5) is 0 Å². The Morgan fingerprint density at radius 1 is 1.04 bits per heavy atom. The number of ketones is 1. The van der Waals surface area contributed by atoms with Crippen LogP contribution < -0.4 is 4.74 Å². The number of hydrogen-bond acceptors (Lipinski definition) is 5. The van der Waals surface area contributed by atoms with Crippen molar-refractivity contribution in [1.82, 2.24) is 4.98 Å². The monoisotopic (exact) mass is 375 g/mol. The maximum atomic E-state index is 12.9. The Bertz CT molecular complexity index is 1040. The van der Waals surface area contributed by atoms with Gasteiger partial charge in [-0.1, -0.05) is 18.2 Å². The third kappa shape index (κ3) is 3.48. The molecule has 5 heteroatoms. The Hall–Kier alpha value is -3.21. The number of rotatable bonds is 6. The zero-order chi connectivity index (χ0) is 19.5. The van der Waals surface area contributed by atoms with Crippen LogP contribution in [0.3, 0.4) is 0 Å². The first-order valence-electron chi connectivity index (χ1n) is 9.51. The molecule has 0 spiro atoms. The van der Waals surface area contributed by atoms with E-state index in [9.17, 15) is 9.59 Å². The molecular formula is C23H21NO4. The Morgan fingerprint density at radius 2 is 1.82 bits per heavy atom. The van der Waals surface area contributed by atoms with E-state index in [0.717, 1.165) is 41.4 Å². The number of esters is 1. The van der Waals surface area contributed by atoms with Crippen LogP contribution in [-0.4, -0.2) is 30.0 Å². The topological polar surface area (TPSA) is 65.5 Å². The van der Waals surface area contributed by atoms with Gasteiger partial charge in [0.05, 0.1) is 17.7 Å². The number of ether oxygens (including phenoxy) is 2. The maximum Gasteiger partial charge on any atom is 0.339 e. The van der Waals surface area contributed by atoms with Crippen LogP contribution >= 0.6 is 0 Å². The van der Waals surface area contributed by atoms with Gasteiger partial charge in [-0.2, -0.15) is 0 Å². The van der Waals surface area contributed by atoms with E-state index in [1.54, 1.807) is 24.3 Å². The normalized spacial score (nSPS) is 12.6. The highest BCUT2D eigenvalue weighted by Crippen LogP contribution is 2.30. The number of benzene rings is 2. The Labute approximate surface area is 163 Å². The fourth-order valence-corrected chi connectivity index (χ4v) is 3.63. The summed E-state index contributed by atoms with van der Waals surface area (Å²) in [6, 6.07) is 14.4. The molecule has 0 saturated carbocycles. The molecule has 1 aromatic heterocycles. The highest BCUT2D eigenvalue weighted by molar-refractivity contribution is 6.06. The lowest BCUT2D eigenvalue weighted by Gasteiger charge is -2.12. The lowest BCUT2D eigenvalue weighted by atomic mass is 10.0. The molecule has 142 valence electrons. The first kappa shape index (κ1) is 18.2. The summed E-state index contributed by atoms with van der Waals surface area (Å²) in [4.78, 5) is 30.0. The van der Waals surface area contributed by atoms with Gasteiger partial charge in [-0.05, 0) is 62.1 Å². The van der Waals surface area contributed by atoms with E-state index in [1.807, 2.05) is 31.2 Å². The van der Waals surface area contributed by atoms with Gasteiger partial charge in [0.25, 0.3) is 0 Å². The van der Waals surface area contributed by atoms with Crippen LogP contribution in [0.2, 0.25) is 0 Å². The van der Waals surface area contributed by atoms with E-state index in [4.69, 9.17) is 9.47 Å². The fraction of sp³-hybridized carbons (Fsp3) is 0.261. The van der Waals surface area contributed by atoms with E-state index < -0.39 is 5.97 Å². The van der Waals surface area contributed by atoms with Crippen LogP contribution in [0, 0.1) is 0 Å². The molecule has 4 rings (SSSR count). The molecule has 1 aliphatic carbocycles. The highest BCUT2D eigenvalue weighted by Gasteiger charge is 2.25. The Morgan fingerprint density at radius 3 is 2.61 bits per heavy atom. The SMILES string of the molecule is CCOc1ccc(C(=O)COC(=O)c2c3c(nc4ccccc24)CCC3)cc1. The summed E-state index contributed by atoms with van der Waals surface area (Å²) in [5, 5.41) is 0.779. The molecule has 28 heavy (non-hydrogen) atoms. The number of pyridine rings is 1. The van der Waals surface area contributed by atoms with E-state index >= 15 is 0 Å². The molecule has 0 atom stereocenters. The maximum absolute atomic E-state index is 12.9. The summed E-state index contributed by atoms with van der Waals surface area (Å²) in [6.07, 6.45) is 2.65. The van der Waals surface area contributed by atoms with Gasteiger partial charge in [-0.15, -0.1) is 0 Å². The molecule has 0 radical (unpaired) electrons. The predicted molar refractivity (Wildman–Crippen MR) is 106 cm³/mol. The summed E-state index contributed by atoms with van der Waals surface area (Å²) in [5.41, 5.74) is 3.74. The van der Waals surface area contributed by atoms with Gasteiger partial charge in [0.1, 0.15) is 5.75 Å². The largest absolute Gasteiger partial charge is 0.494 e. The van der Waals surface area contributed by atoms with Gasteiger partial charge in [0.15, 0.2) is 12.4 Å². The number of para-hydroxylation sites is 1. The molecule has 2 aromatic carbocycles. The average molecular weight is 375 g/mol. The van der Waals surface area contributed by atoms with Gasteiger partial charge >= 0.3 is 5.97 Å². The molecule has 1 heterocycles. The quantitative estimate of drug-likeness (QED) is 0.478. The molecule has 0 fully saturated rings. The number of aromatic nitrogens is 1. The van der Waals surface area contributed by atoms with Crippen LogP contribution in [0.25, 0.3) is 10.9 Å². The van der Waals surface area contributed by atoms with Crippen molar-refractivity contribution in [2.75, 3.05) is 13.2 Å². The molecule has 0 amide bonds. The number of Topliss-reactive ketones (excluding diaryl/α,β-unsaturated/α-hetero) is 1. The van der Waals surface area contributed by atoms with Crippen LogP contribution in [0.15, 0.2) is 48.5 Å². The average Bonchev–Trinajstić information content (AvgIpc) is 3.18. The van der Waals surface area contributed by atoms with Crippen molar-refractivity contribution in [2.45, 2.75) is 26.2 Å². The summed E-state index contributed by atoms with van der Waals surface area (Å²) in [5.74, 6) is -0.00250. The molecule has 0 N–H and O–H groups in total. The van der Waals surface area contributed by atoms with Crippen molar-refractivity contribution in [3.8, 4) is 5.75 Å². The first-order valence-corrected chi connectivity index (χ1v) is 9.51. The standard InChI is InChI=1S/C23H21NO4/c1-2-27-16-12-10-15(11-13-16)21(25)14-28-23(26)22-17-6-3-4-8-19(17)24-20-9-5-7-18(20)22/h3-4,6,8,10-13H,2,5,7,9,14H2,1H3. The zero-order valence-corrected chi connectivity index (χ0v) is 15.7. The molecule has 0 saturated heterocycles. The van der Waals surface area contributed by atoms with Gasteiger partial charge in [0.2, 0.25) is 0 Å². The third-order valence-electron chi connectivity index (χ3n) is 4.95. The first-order chi connectivity index (χ1) is 13.7. The van der Waals surface area contributed by atoms with Gasteiger partial charge in [-0.25, -0.2) is 4.79 Å². The zero-order valence-electron chi connectivity index (χ0n) is 15.7. The summed E-state index contributed by atoms with van der Waals surface area (Å²) in [7, 11) is 0. The minimum atomic E-state index is -0.462. The number of carbonyl (C=O) groups is 2. The molecular weight excluding hydrogens is 354 g/mol. The van der Waals surface area contributed by atoms with E-state index in [1.165, 1.54) is 0 Å². The summed E-state index contributed by atoms with van der Waals surface area (Å²) < 4.78 is 10.8. The van der Waals surface area contributed by atoms with Crippen molar-refractivity contribution in [3.05, 3.63) is 70.9 Å². The van der Waals surface area contributed by atoms with Gasteiger partial charge < -0.3 is 9.47 Å². The van der Waals surface area contributed by atoms with Crippen molar-refractivity contribution < 1.29 is 19.1 Å². The smallest absolute Gasteiger partial charge is 0.339 e. The Balaban J connectivity index is 1.54. The number of hydrogen-bond donors (Lipinski definition) is 0. The molecule has 5 nitrogen and oxygen atoms in total. The van der Waals surface area contributed by atoms with Crippen LogP contribution in [0.1, 0.15) is 45.3 Å². The van der Waals surface area contributed by atoms with Crippen molar-refractivity contribution in [1.29, 1.82) is 0 Å². The van der Waals surface area contributed by atoms with E-state index in [-0.39, 0.29) is 12.4 Å². The van der Waals surface area contributed by atoms with Crippen molar-refractivity contribution >= 4 is 22.7 Å². The lowest BCUT2D eigenvalue weighted by Crippen LogP contribution is -2.16. The number of nitrogens with zero attached hydrogens (tertiary/aromatic N) is 1. The molecule has 0 bridgehead atoms. The molecule has 1 aliphatic rings. The van der Waals surface area contributed by atoms with Crippen LogP contribution in [0.5, 0.6) is 5.75 Å². The minimum absolute atomic E-state index is 0.244. The molecule has 0 aliphatic heterocycles. The van der Waals surface area contributed by atoms with E-state index in [2.05, 4.69) is 4.98 Å². The second-order valence-electron chi connectivity index (χ2n) is 6.74. The van der Waals surface area contributed by atoms with Crippen molar-refractivity contribution in [3.63, 3.8) is 0 Å². The van der Waals surface area contributed by atoms with Gasteiger partial charge in [0, 0.05) is 16.6 Å².